The van der Waals surface area contributed by atoms with E-state index < -0.39 is 5.91 Å². The van der Waals surface area contributed by atoms with Crippen molar-refractivity contribution in [1.82, 2.24) is 5.32 Å². The fraction of sp³-hybridized carbons (Fsp3) is 0.182. The lowest BCUT2D eigenvalue weighted by Gasteiger charge is -2.15. The topological polar surface area (TPSA) is 93.0 Å². The van der Waals surface area contributed by atoms with Crippen LogP contribution in [-0.2, 0) is 6.61 Å². The second-order valence-corrected chi connectivity index (χ2v) is 7.87. The van der Waals surface area contributed by atoms with Crippen LogP contribution in [-0.4, -0.2) is 30.3 Å². The summed E-state index contributed by atoms with van der Waals surface area (Å²) < 4.78 is 17.2. The number of nitrogens with one attached hydrogen (secondary N) is 2. The Kier molecular flexibility index (Phi) is 7.32. The van der Waals surface area contributed by atoms with E-state index in [0.29, 0.717) is 34.3 Å². The molecule has 0 aliphatic carbocycles. The molecule has 0 radical (unpaired) electrons. The number of hydrogen-bond acceptors (Lipinski definition) is 6. The lowest BCUT2D eigenvalue weighted by atomic mass is 10.1. The first-order valence-corrected chi connectivity index (χ1v) is 10.4. The van der Waals surface area contributed by atoms with Crippen molar-refractivity contribution in [2.45, 2.75) is 13.5 Å². The van der Waals surface area contributed by atoms with E-state index in [1.54, 1.807) is 43.5 Å². The van der Waals surface area contributed by atoms with Gasteiger partial charge in [0.2, 0.25) is 0 Å². The monoisotopic (exact) mass is 504 g/mol. The fourth-order valence-electron chi connectivity index (χ4n) is 3.08. The minimum Gasteiger partial charge on any atom is -0.496 e. The Morgan fingerprint density at radius 3 is 2.58 bits per heavy atom. The first-order valence-electron chi connectivity index (χ1n) is 9.20. The number of anilines is 1. The van der Waals surface area contributed by atoms with Crippen LogP contribution in [0.4, 0.5) is 5.69 Å². The van der Waals surface area contributed by atoms with Gasteiger partial charge in [-0.1, -0.05) is 15.9 Å². The first kappa shape index (κ1) is 22.8. The Morgan fingerprint density at radius 1 is 1.16 bits per heavy atom. The van der Waals surface area contributed by atoms with Crippen LogP contribution in [0, 0.1) is 6.92 Å². The highest BCUT2D eigenvalue weighted by molar-refractivity contribution is 9.10. The van der Waals surface area contributed by atoms with E-state index >= 15 is 0 Å². The molecule has 1 amide bonds. The number of aliphatic hydroxyl groups is 1. The van der Waals surface area contributed by atoms with E-state index in [-0.39, 0.29) is 11.7 Å². The molecular formula is C22H21BrN2O5S. The molecule has 31 heavy (non-hydrogen) atoms. The number of rotatable bonds is 6. The summed E-state index contributed by atoms with van der Waals surface area (Å²) in [4.78, 5) is 12.7. The van der Waals surface area contributed by atoms with Crippen LogP contribution in [0.5, 0.6) is 11.5 Å². The second kappa shape index (κ2) is 9.95. The predicted molar refractivity (Wildman–Crippen MR) is 126 cm³/mol. The van der Waals surface area contributed by atoms with E-state index in [2.05, 4.69) is 26.6 Å². The molecule has 0 aliphatic rings. The summed E-state index contributed by atoms with van der Waals surface area (Å²) in [6.45, 7) is 1.67. The second-order valence-electron chi connectivity index (χ2n) is 6.55. The maximum absolute atomic E-state index is 12.7. The highest BCUT2D eigenvalue weighted by Crippen LogP contribution is 2.34. The molecule has 3 rings (SSSR count). The Bertz CT molecular complexity index is 1130. The number of carbonyl (C=O) groups excluding carboxylic acids is 1. The number of aryl methyl sites for hydroxylation is 1. The molecule has 0 unspecified atom stereocenters. The van der Waals surface area contributed by atoms with E-state index in [9.17, 15) is 9.90 Å². The van der Waals surface area contributed by atoms with Crippen LogP contribution in [0.25, 0.3) is 11.3 Å². The standard InChI is InChI=1S/C22H21BrN2O5S/c1-12-8-13(23)9-17(20(12)29-3)21(27)25-22(31)24-14-4-6-16(19(10-14)28-2)18-7-5-15(11-26)30-18/h4-10,26H,11H2,1-3H3,(H2,24,25,27,31). The number of furan rings is 1. The van der Waals surface area contributed by atoms with Crippen LogP contribution in [0.3, 0.4) is 0 Å². The molecule has 0 bridgehead atoms. The Morgan fingerprint density at radius 2 is 1.94 bits per heavy atom. The zero-order valence-electron chi connectivity index (χ0n) is 17.1. The fourth-order valence-corrected chi connectivity index (χ4v) is 3.87. The van der Waals surface area contributed by atoms with E-state index in [1.807, 2.05) is 13.0 Å². The Hall–Kier alpha value is -2.88. The summed E-state index contributed by atoms with van der Waals surface area (Å²) in [6.07, 6.45) is 0. The zero-order valence-corrected chi connectivity index (χ0v) is 19.5. The van der Waals surface area contributed by atoms with Crippen LogP contribution >= 0.6 is 28.1 Å². The SMILES string of the molecule is COc1cc(NC(=S)NC(=O)c2cc(Br)cc(C)c2OC)ccc1-c1ccc(CO)o1. The third-order valence-corrected chi connectivity index (χ3v) is 5.12. The smallest absolute Gasteiger partial charge is 0.261 e. The van der Waals surface area contributed by atoms with Gasteiger partial charge in [0.25, 0.3) is 5.91 Å². The van der Waals surface area contributed by atoms with Gasteiger partial charge in [-0.15, -0.1) is 0 Å². The highest BCUT2D eigenvalue weighted by Gasteiger charge is 2.17. The van der Waals surface area contributed by atoms with Gasteiger partial charge in [-0.3, -0.25) is 10.1 Å². The molecule has 2 aromatic carbocycles. The average Bonchev–Trinajstić information content (AvgIpc) is 3.22. The van der Waals surface area contributed by atoms with Crippen molar-refractivity contribution in [3.63, 3.8) is 0 Å². The number of amides is 1. The van der Waals surface area contributed by atoms with Gasteiger partial charge < -0.3 is 24.3 Å². The summed E-state index contributed by atoms with van der Waals surface area (Å²) in [5.74, 6) is 1.66. The molecule has 1 heterocycles. The van der Waals surface area contributed by atoms with Crippen molar-refractivity contribution in [1.29, 1.82) is 0 Å². The molecule has 0 aliphatic heterocycles. The zero-order chi connectivity index (χ0) is 22.5. The van der Waals surface area contributed by atoms with Crippen molar-refractivity contribution < 1.29 is 23.8 Å². The highest BCUT2D eigenvalue weighted by atomic mass is 79.9. The molecule has 3 N–H and O–H groups in total. The third-order valence-electron chi connectivity index (χ3n) is 4.46. The summed E-state index contributed by atoms with van der Waals surface area (Å²) in [6, 6.07) is 12.3. The van der Waals surface area contributed by atoms with Crippen molar-refractivity contribution in [3.05, 3.63) is 63.8 Å². The van der Waals surface area contributed by atoms with Crippen LogP contribution in [0.15, 0.2) is 51.4 Å². The van der Waals surface area contributed by atoms with Crippen molar-refractivity contribution in [2.24, 2.45) is 0 Å². The van der Waals surface area contributed by atoms with Crippen molar-refractivity contribution in [2.75, 3.05) is 19.5 Å². The molecule has 0 saturated carbocycles. The number of ether oxygens (including phenoxy) is 2. The van der Waals surface area contributed by atoms with Crippen LogP contribution in [0.1, 0.15) is 21.7 Å². The van der Waals surface area contributed by atoms with Gasteiger partial charge in [-0.05, 0) is 61.1 Å². The van der Waals surface area contributed by atoms with Crippen molar-refractivity contribution in [3.8, 4) is 22.8 Å². The van der Waals surface area contributed by atoms with Gasteiger partial charge in [0.1, 0.15) is 29.6 Å². The quantitative estimate of drug-likeness (QED) is 0.420. The molecule has 0 spiro atoms. The Labute approximate surface area is 193 Å². The summed E-state index contributed by atoms with van der Waals surface area (Å²) in [7, 11) is 3.06. The summed E-state index contributed by atoms with van der Waals surface area (Å²) >= 11 is 8.69. The maximum Gasteiger partial charge on any atom is 0.261 e. The molecule has 0 saturated heterocycles. The lowest BCUT2D eigenvalue weighted by Crippen LogP contribution is -2.34. The molecule has 3 aromatic rings. The van der Waals surface area contributed by atoms with Crippen molar-refractivity contribution >= 4 is 44.9 Å². The van der Waals surface area contributed by atoms with Gasteiger partial charge in [-0.2, -0.15) is 0 Å². The van der Waals surface area contributed by atoms with Gasteiger partial charge in [0.05, 0.1) is 25.3 Å². The summed E-state index contributed by atoms with van der Waals surface area (Å²) in [5, 5.41) is 15.0. The lowest BCUT2D eigenvalue weighted by molar-refractivity contribution is 0.0974. The minimum atomic E-state index is -0.394. The number of hydrogen-bond donors (Lipinski definition) is 3. The number of methoxy groups -OCH3 is 2. The molecule has 162 valence electrons. The molecule has 1 aromatic heterocycles. The first-order chi connectivity index (χ1) is 14.9. The number of thiocarbonyl (C=S) groups is 1. The van der Waals surface area contributed by atoms with E-state index in [1.165, 1.54) is 7.11 Å². The average molecular weight is 505 g/mol. The number of carbonyl (C=O) groups is 1. The molecule has 7 nitrogen and oxygen atoms in total. The predicted octanol–water partition coefficient (Wildman–Crippen LogP) is 4.65. The van der Waals surface area contributed by atoms with Crippen LogP contribution < -0.4 is 20.1 Å². The van der Waals surface area contributed by atoms with Gasteiger partial charge in [-0.25, -0.2) is 0 Å². The number of halogens is 1. The summed E-state index contributed by atoms with van der Waals surface area (Å²) in [5.41, 5.74) is 2.53. The number of benzene rings is 2. The van der Waals surface area contributed by atoms with E-state index in [0.717, 1.165) is 15.6 Å². The third kappa shape index (κ3) is 5.25. The van der Waals surface area contributed by atoms with Gasteiger partial charge in [0.15, 0.2) is 5.11 Å². The molecular weight excluding hydrogens is 484 g/mol. The largest absolute Gasteiger partial charge is 0.496 e. The normalized spacial score (nSPS) is 10.5. The van der Waals surface area contributed by atoms with E-state index in [4.69, 9.17) is 26.1 Å². The van der Waals surface area contributed by atoms with Gasteiger partial charge >= 0.3 is 0 Å². The molecule has 0 atom stereocenters. The van der Waals surface area contributed by atoms with Crippen LogP contribution in [0.2, 0.25) is 0 Å². The molecule has 0 fully saturated rings. The molecule has 9 heteroatoms. The minimum absolute atomic E-state index is 0.125. The maximum atomic E-state index is 12.7. The number of aliphatic hydroxyl groups excluding tert-OH is 1. The van der Waals surface area contributed by atoms with Gasteiger partial charge in [0, 0.05) is 16.2 Å². The Balaban J connectivity index is 1.76.